The van der Waals surface area contributed by atoms with E-state index < -0.39 is 0 Å². The van der Waals surface area contributed by atoms with Crippen LogP contribution in [0, 0.1) is 13.8 Å². The Labute approximate surface area is 183 Å². The molecule has 0 saturated carbocycles. The molecule has 2 aromatic carbocycles. The monoisotopic (exact) mass is 401 g/mol. The van der Waals surface area contributed by atoms with Crippen LogP contribution in [0.15, 0.2) is 42.7 Å². The SMILES string of the molecule is Cc1ccc(C)c(N(C)C)c1-c1n(C)cc[n+]1[B]c1c(C(C)C)cccc1C(C)C. The van der Waals surface area contributed by atoms with Gasteiger partial charge in [-0.15, -0.1) is 0 Å². The van der Waals surface area contributed by atoms with E-state index in [-0.39, 0.29) is 0 Å². The summed E-state index contributed by atoms with van der Waals surface area (Å²) in [7, 11) is 8.74. The van der Waals surface area contributed by atoms with E-state index in [9.17, 15) is 0 Å². The Morgan fingerprint density at radius 3 is 2.00 bits per heavy atom. The standard InChI is InChI=1S/C26H36BN3/c1-17(2)21-11-10-12-22(18(3)4)24(21)27-30-16-15-29(9)26(30)23-19(5)13-14-20(6)25(23)28(7)8/h10-18H,1-9H3/q+1. The number of anilines is 1. The first-order valence-electron chi connectivity index (χ1n) is 11.0. The first-order chi connectivity index (χ1) is 14.1. The molecule has 0 unspecified atom stereocenters. The average Bonchev–Trinajstić information content (AvgIpc) is 3.02. The van der Waals surface area contributed by atoms with Gasteiger partial charge >= 0.3 is 7.41 Å². The molecule has 0 saturated heterocycles. The predicted molar refractivity (Wildman–Crippen MR) is 130 cm³/mol. The van der Waals surface area contributed by atoms with E-state index in [1.165, 1.54) is 44.8 Å². The van der Waals surface area contributed by atoms with E-state index in [2.05, 4.69) is 127 Å². The molecule has 3 aromatic rings. The number of benzene rings is 2. The van der Waals surface area contributed by atoms with Gasteiger partial charge in [-0.1, -0.05) is 58.0 Å². The van der Waals surface area contributed by atoms with Gasteiger partial charge in [0.2, 0.25) is 0 Å². The topological polar surface area (TPSA) is 12.1 Å². The summed E-state index contributed by atoms with van der Waals surface area (Å²) >= 11 is 0. The second-order valence-electron chi connectivity index (χ2n) is 9.25. The Bertz CT molecular complexity index is 1020. The highest BCUT2D eigenvalue weighted by Crippen LogP contribution is 2.34. The molecule has 3 nitrogen and oxygen atoms in total. The van der Waals surface area contributed by atoms with Crippen LogP contribution < -0.4 is 14.8 Å². The minimum Gasteiger partial charge on any atom is -0.377 e. The summed E-state index contributed by atoms with van der Waals surface area (Å²) in [6.45, 7) is 13.5. The Balaban J connectivity index is 2.24. The molecule has 0 bridgehead atoms. The van der Waals surface area contributed by atoms with Crippen molar-refractivity contribution in [2.75, 3.05) is 19.0 Å². The van der Waals surface area contributed by atoms with Crippen molar-refractivity contribution in [2.45, 2.75) is 53.4 Å². The molecule has 0 aliphatic rings. The predicted octanol–water partition coefficient (Wildman–Crippen LogP) is 4.70. The lowest BCUT2D eigenvalue weighted by Crippen LogP contribution is -2.50. The highest BCUT2D eigenvalue weighted by molar-refractivity contribution is 6.46. The summed E-state index contributed by atoms with van der Waals surface area (Å²) in [6, 6.07) is 11.2. The van der Waals surface area contributed by atoms with Crippen molar-refractivity contribution in [1.29, 1.82) is 0 Å². The number of nitrogens with zero attached hydrogens (tertiary/aromatic N) is 3. The number of imidazole rings is 1. The van der Waals surface area contributed by atoms with Crippen LogP contribution in [0.3, 0.4) is 0 Å². The van der Waals surface area contributed by atoms with Gasteiger partial charge in [-0.05, 0) is 53.4 Å². The van der Waals surface area contributed by atoms with Gasteiger partial charge in [-0.25, -0.2) is 4.57 Å². The van der Waals surface area contributed by atoms with Crippen molar-refractivity contribution < 1.29 is 4.48 Å². The van der Waals surface area contributed by atoms with Gasteiger partial charge < -0.3 is 4.90 Å². The van der Waals surface area contributed by atoms with Crippen LogP contribution in [0.25, 0.3) is 11.4 Å². The van der Waals surface area contributed by atoms with Gasteiger partial charge in [0.15, 0.2) is 0 Å². The van der Waals surface area contributed by atoms with Gasteiger partial charge in [0.1, 0.15) is 12.4 Å². The summed E-state index contributed by atoms with van der Waals surface area (Å²) in [6.07, 6.45) is 4.33. The molecule has 0 fully saturated rings. The van der Waals surface area contributed by atoms with Crippen LogP contribution in [0.5, 0.6) is 0 Å². The molecule has 0 N–H and O–H groups in total. The highest BCUT2D eigenvalue weighted by atomic mass is 15.1. The molecule has 0 atom stereocenters. The highest BCUT2D eigenvalue weighted by Gasteiger charge is 2.27. The van der Waals surface area contributed by atoms with Gasteiger partial charge in [0.05, 0.1) is 18.3 Å². The first-order valence-corrected chi connectivity index (χ1v) is 11.0. The fourth-order valence-corrected chi connectivity index (χ4v) is 4.46. The second-order valence-corrected chi connectivity index (χ2v) is 9.25. The smallest absolute Gasteiger partial charge is 0.377 e. The van der Waals surface area contributed by atoms with Crippen LogP contribution >= 0.6 is 0 Å². The van der Waals surface area contributed by atoms with Crippen LogP contribution in [0.1, 0.15) is 61.8 Å². The van der Waals surface area contributed by atoms with Crippen molar-refractivity contribution in [3.05, 3.63) is 65.0 Å². The summed E-state index contributed by atoms with van der Waals surface area (Å²) in [5, 5.41) is 0. The number of hydrogen-bond acceptors (Lipinski definition) is 1. The number of rotatable bonds is 6. The van der Waals surface area contributed by atoms with Gasteiger partial charge in [0.25, 0.3) is 5.82 Å². The van der Waals surface area contributed by atoms with Gasteiger partial charge in [-0.2, -0.15) is 0 Å². The van der Waals surface area contributed by atoms with Crippen LogP contribution in [0.2, 0.25) is 0 Å². The zero-order valence-electron chi connectivity index (χ0n) is 20.1. The van der Waals surface area contributed by atoms with Crippen LogP contribution in [-0.2, 0) is 7.05 Å². The lowest BCUT2D eigenvalue weighted by atomic mass is 9.71. The zero-order valence-corrected chi connectivity index (χ0v) is 20.1. The summed E-state index contributed by atoms with van der Waals surface area (Å²) in [4.78, 5) is 2.23. The third-order valence-electron chi connectivity index (χ3n) is 5.97. The van der Waals surface area contributed by atoms with Crippen molar-refractivity contribution in [2.24, 2.45) is 7.05 Å². The molecular weight excluding hydrogens is 365 g/mol. The molecule has 1 radical (unpaired) electrons. The maximum Gasteiger partial charge on any atom is 0.437 e. The minimum atomic E-state index is 0.473. The number of aryl methyl sites for hydroxylation is 3. The lowest BCUT2D eigenvalue weighted by molar-refractivity contribution is -0.513. The molecule has 0 aliphatic heterocycles. The Morgan fingerprint density at radius 2 is 1.47 bits per heavy atom. The van der Waals surface area contributed by atoms with Gasteiger partial charge in [0, 0.05) is 14.1 Å². The Kier molecular flexibility index (Phi) is 6.45. The second kappa shape index (κ2) is 8.71. The molecule has 4 heteroatoms. The largest absolute Gasteiger partial charge is 0.437 e. The third kappa shape index (κ3) is 4.05. The molecule has 0 aliphatic carbocycles. The van der Waals surface area contributed by atoms with Gasteiger partial charge in [-0.3, -0.25) is 4.48 Å². The molecular formula is C26H36BN3+. The zero-order chi connectivity index (χ0) is 22.2. The molecule has 0 spiro atoms. The summed E-state index contributed by atoms with van der Waals surface area (Å²) in [5.41, 5.74) is 9.29. The van der Waals surface area contributed by atoms with E-state index in [0.717, 1.165) is 0 Å². The van der Waals surface area contributed by atoms with E-state index in [1.54, 1.807) is 0 Å². The van der Waals surface area contributed by atoms with Crippen molar-refractivity contribution in [3.63, 3.8) is 0 Å². The Morgan fingerprint density at radius 1 is 0.900 bits per heavy atom. The molecule has 1 aromatic heterocycles. The van der Waals surface area contributed by atoms with E-state index in [0.29, 0.717) is 11.8 Å². The number of hydrogen-bond donors (Lipinski definition) is 0. The van der Waals surface area contributed by atoms with Crippen LogP contribution in [0.4, 0.5) is 5.69 Å². The fraction of sp³-hybridized carbons (Fsp3) is 0.423. The molecule has 1 heterocycles. The third-order valence-corrected chi connectivity index (χ3v) is 5.97. The van der Waals surface area contributed by atoms with E-state index in [4.69, 9.17) is 0 Å². The lowest BCUT2D eigenvalue weighted by Gasteiger charge is -2.22. The Hall–Kier alpha value is -2.49. The molecule has 157 valence electrons. The molecule has 0 amide bonds. The van der Waals surface area contributed by atoms with E-state index in [1.807, 2.05) is 0 Å². The van der Waals surface area contributed by atoms with Crippen molar-refractivity contribution in [1.82, 2.24) is 4.57 Å². The first kappa shape index (κ1) is 22.2. The number of aromatic nitrogens is 2. The maximum absolute atomic E-state index is 2.33. The fourth-order valence-electron chi connectivity index (χ4n) is 4.46. The molecule has 3 rings (SSSR count). The summed E-state index contributed by atoms with van der Waals surface area (Å²) < 4.78 is 4.54. The quantitative estimate of drug-likeness (QED) is 0.545. The van der Waals surface area contributed by atoms with Crippen molar-refractivity contribution in [3.8, 4) is 11.4 Å². The van der Waals surface area contributed by atoms with E-state index >= 15 is 0 Å². The maximum atomic E-state index is 2.33. The average molecular weight is 401 g/mol. The minimum absolute atomic E-state index is 0.473. The normalized spacial score (nSPS) is 11.4. The van der Waals surface area contributed by atoms with Crippen molar-refractivity contribution >= 4 is 18.6 Å². The van der Waals surface area contributed by atoms with Crippen LogP contribution in [-0.4, -0.2) is 26.1 Å². The molecule has 30 heavy (non-hydrogen) atoms. The summed E-state index contributed by atoms with van der Waals surface area (Å²) in [5.74, 6) is 2.15.